The van der Waals surface area contributed by atoms with Crippen LogP contribution in [0.1, 0.15) is 18.4 Å². The Morgan fingerprint density at radius 1 is 1.52 bits per heavy atom. The number of nitrogens with one attached hydrogen (secondary N) is 1. The van der Waals surface area contributed by atoms with Crippen molar-refractivity contribution < 1.29 is 19.4 Å². The molecule has 0 radical (unpaired) electrons. The van der Waals surface area contributed by atoms with Gasteiger partial charge in [-0.05, 0) is 31.0 Å². The Labute approximate surface area is 123 Å². The lowest BCUT2D eigenvalue weighted by atomic mass is 10.1. The van der Waals surface area contributed by atoms with Gasteiger partial charge >= 0.3 is 0 Å². The van der Waals surface area contributed by atoms with Gasteiger partial charge in [-0.2, -0.15) is 0 Å². The van der Waals surface area contributed by atoms with E-state index in [9.17, 15) is 14.3 Å². The summed E-state index contributed by atoms with van der Waals surface area (Å²) in [6, 6.07) is 4.58. The van der Waals surface area contributed by atoms with Crippen molar-refractivity contribution in [2.75, 3.05) is 31.6 Å². The summed E-state index contributed by atoms with van der Waals surface area (Å²) < 4.78 is 13.4. The molecule has 3 N–H and O–H groups in total. The van der Waals surface area contributed by atoms with Gasteiger partial charge in [0.1, 0.15) is 11.4 Å². The van der Waals surface area contributed by atoms with Crippen LogP contribution in [0.3, 0.4) is 0 Å². The molecular formula is C15H21FN2O3. The van der Waals surface area contributed by atoms with Gasteiger partial charge < -0.3 is 15.5 Å². The smallest absolute Gasteiger partial charge is 0.225 e. The van der Waals surface area contributed by atoms with Crippen LogP contribution in [0.25, 0.3) is 0 Å². The standard InChI is InChI=1S/C15H21FN2O3/c1-11-2-3-12(8-13(11)16)17-14(20)4-6-18-7-5-15(21,9-18)10-19/h2-3,8,19,21H,4-7,9-10H2,1H3,(H,17,20). The Hall–Kier alpha value is -1.50. The highest BCUT2D eigenvalue weighted by molar-refractivity contribution is 5.90. The second-order valence-corrected chi connectivity index (χ2v) is 5.67. The highest BCUT2D eigenvalue weighted by Crippen LogP contribution is 2.20. The number of halogens is 1. The van der Waals surface area contributed by atoms with Crippen molar-refractivity contribution in [3.63, 3.8) is 0 Å². The number of β-amino-alcohol motifs (C(OH)–C–C–N with tert-alkyl or cyclic N) is 1. The fraction of sp³-hybridized carbons (Fsp3) is 0.533. The number of likely N-dealkylation sites (tertiary alicyclic amines) is 1. The molecule has 1 aromatic carbocycles. The highest BCUT2D eigenvalue weighted by Gasteiger charge is 2.35. The van der Waals surface area contributed by atoms with Crippen LogP contribution < -0.4 is 5.32 Å². The fourth-order valence-electron chi connectivity index (χ4n) is 2.41. The molecule has 1 aliphatic heterocycles. The van der Waals surface area contributed by atoms with Gasteiger partial charge in [0.2, 0.25) is 5.91 Å². The Morgan fingerprint density at radius 2 is 2.29 bits per heavy atom. The zero-order valence-corrected chi connectivity index (χ0v) is 12.1. The number of aliphatic hydroxyl groups is 2. The van der Waals surface area contributed by atoms with E-state index in [1.807, 2.05) is 4.90 Å². The van der Waals surface area contributed by atoms with Gasteiger partial charge in [-0.1, -0.05) is 6.07 Å². The topological polar surface area (TPSA) is 72.8 Å². The minimum atomic E-state index is -1.05. The summed E-state index contributed by atoms with van der Waals surface area (Å²) in [6.45, 7) is 2.93. The lowest BCUT2D eigenvalue weighted by Gasteiger charge is -2.20. The largest absolute Gasteiger partial charge is 0.393 e. The third-order valence-corrected chi connectivity index (χ3v) is 3.82. The lowest BCUT2D eigenvalue weighted by Crippen LogP contribution is -2.37. The van der Waals surface area contributed by atoms with Crippen molar-refractivity contribution in [2.45, 2.75) is 25.4 Å². The first kappa shape index (κ1) is 15.9. The molecule has 1 aromatic rings. The maximum atomic E-state index is 13.4. The molecule has 2 rings (SSSR count). The van der Waals surface area contributed by atoms with Gasteiger partial charge in [0.15, 0.2) is 0 Å². The molecule has 1 heterocycles. The molecule has 116 valence electrons. The predicted molar refractivity (Wildman–Crippen MR) is 77.5 cm³/mol. The SMILES string of the molecule is Cc1ccc(NC(=O)CCN2CCC(O)(CO)C2)cc1F. The maximum absolute atomic E-state index is 13.4. The van der Waals surface area contributed by atoms with Gasteiger partial charge in [0.05, 0.1) is 6.61 Å². The van der Waals surface area contributed by atoms with Gasteiger partial charge in [0.25, 0.3) is 0 Å². The molecule has 1 saturated heterocycles. The molecular weight excluding hydrogens is 275 g/mol. The van der Waals surface area contributed by atoms with Crippen LogP contribution in [-0.2, 0) is 4.79 Å². The summed E-state index contributed by atoms with van der Waals surface area (Å²) in [7, 11) is 0. The van der Waals surface area contributed by atoms with E-state index < -0.39 is 5.60 Å². The van der Waals surface area contributed by atoms with Crippen LogP contribution in [0.4, 0.5) is 10.1 Å². The van der Waals surface area contributed by atoms with Gasteiger partial charge in [-0.15, -0.1) is 0 Å². The first-order valence-corrected chi connectivity index (χ1v) is 7.03. The van der Waals surface area contributed by atoms with Gasteiger partial charge in [0, 0.05) is 31.7 Å². The second-order valence-electron chi connectivity index (χ2n) is 5.67. The van der Waals surface area contributed by atoms with E-state index in [0.29, 0.717) is 37.3 Å². The average Bonchev–Trinajstić information content (AvgIpc) is 2.83. The van der Waals surface area contributed by atoms with Crippen LogP contribution in [0.15, 0.2) is 18.2 Å². The number of aryl methyl sites for hydroxylation is 1. The monoisotopic (exact) mass is 296 g/mol. The normalized spacial score (nSPS) is 22.5. The van der Waals surface area contributed by atoms with E-state index in [1.165, 1.54) is 6.07 Å². The molecule has 0 saturated carbocycles. The molecule has 1 aliphatic rings. The van der Waals surface area contributed by atoms with Crippen molar-refractivity contribution in [3.05, 3.63) is 29.6 Å². The zero-order valence-electron chi connectivity index (χ0n) is 12.1. The molecule has 1 unspecified atom stereocenters. The number of benzene rings is 1. The molecule has 5 nitrogen and oxygen atoms in total. The molecule has 0 aromatic heterocycles. The molecule has 1 amide bonds. The van der Waals surface area contributed by atoms with Gasteiger partial charge in [-0.25, -0.2) is 4.39 Å². The van der Waals surface area contributed by atoms with Crippen molar-refractivity contribution in [1.29, 1.82) is 0 Å². The molecule has 0 bridgehead atoms. The number of hydrogen-bond donors (Lipinski definition) is 3. The first-order valence-electron chi connectivity index (χ1n) is 7.03. The number of amides is 1. The van der Waals surface area contributed by atoms with Crippen LogP contribution in [0.2, 0.25) is 0 Å². The van der Waals surface area contributed by atoms with E-state index >= 15 is 0 Å². The Morgan fingerprint density at radius 3 is 2.90 bits per heavy atom. The lowest BCUT2D eigenvalue weighted by molar-refractivity contribution is -0.116. The molecule has 0 aliphatic carbocycles. The minimum absolute atomic E-state index is 0.197. The zero-order chi connectivity index (χ0) is 15.5. The third kappa shape index (κ3) is 4.23. The van der Waals surface area contributed by atoms with Crippen molar-refractivity contribution >= 4 is 11.6 Å². The van der Waals surface area contributed by atoms with E-state index in [4.69, 9.17) is 5.11 Å². The van der Waals surface area contributed by atoms with Crippen molar-refractivity contribution in [3.8, 4) is 0 Å². The summed E-state index contributed by atoms with van der Waals surface area (Å²) in [6.07, 6.45) is 0.769. The number of aliphatic hydroxyl groups excluding tert-OH is 1. The number of rotatable bonds is 5. The summed E-state index contributed by atoms with van der Waals surface area (Å²) in [5.41, 5.74) is -0.0685. The molecule has 6 heteroatoms. The highest BCUT2D eigenvalue weighted by atomic mass is 19.1. The summed E-state index contributed by atoms with van der Waals surface area (Å²) in [4.78, 5) is 13.8. The van der Waals surface area contributed by atoms with E-state index in [2.05, 4.69) is 5.32 Å². The summed E-state index contributed by atoms with van der Waals surface area (Å²) in [5, 5.41) is 21.6. The molecule has 21 heavy (non-hydrogen) atoms. The van der Waals surface area contributed by atoms with Gasteiger partial charge in [-0.3, -0.25) is 9.69 Å². The Balaban J connectivity index is 1.79. The summed E-state index contributed by atoms with van der Waals surface area (Å²) in [5.74, 6) is -0.543. The summed E-state index contributed by atoms with van der Waals surface area (Å²) >= 11 is 0. The van der Waals surface area contributed by atoms with E-state index in [0.717, 1.165) is 0 Å². The van der Waals surface area contributed by atoms with Crippen LogP contribution >= 0.6 is 0 Å². The third-order valence-electron chi connectivity index (χ3n) is 3.82. The van der Waals surface area contributed by atoms with E-state index in [-0.39, 0.29) is 24.8 Å². The molecule has 0 spiro atoms. The second kappa shape index (κ2) is 6.51. The Kier molecular flexibility index (Phi) is 4.92. The number of carbonyl (C=O) groups excluding carboxylic acids is 1. The van der Waals surface area contributed by atoms with E-state index in [1.54, 1.807) is 19.1 Å². The average molecular weight is 296 g/mol. The van der Waals surface area contributed by atoms with Crippen LogP contribution in [-0.4, -0.2) is 52.9 Å². The number of nitrogens with zero attached hydrogens (tertiary/aromatic N) is 1. The maximum Gasteiger partial charge on any atom is 0.225 e. The Bertz CT molecular complexity index is 524. The fourth-order valence-corrected chi connectivity index (χ4v) is 2.41. The molecule has 1 atom stereocenters. The number of carbonyl (C=O) groups is 1. The first-order chi connectivity index (χ1) is 9.92. The van der Waals surface area contributed by atoms with Crippen molar-refractivity contribution in [2.24, 2.45) is 0 Å². The molecule has 1 fully saturated rings. The van der Waals surface area contributed by atoms with Crippen molar-refractivity contribution in [1.82, 2.24) is 4.90 Å². The predicted octanol–water partition coefficient (Wildman–Crippen LogP) is 0.892. The van der Waals surface area contributed by atoms with Crippen LogP contribution in [0, 0.1) is 12.7 Å². The minimum Gasteiger partial charge on any atom is -0.393 e. The number of anilines is 1. The number of hydrogen-bond acceptors (Lipinski definition) is 4. The van der Waals surface area contributed by atoms with Crippen LogP contribution in [0.5, 0.6) is 0 Å². The quantitative estimate of drug-likeness (QED) is 0.754.